The first-order valence-electron chi connectivity index (χ1n) is 3.70. The Labute approximate surface area is 60.6 Å². The van der Waals surface area contributed by atoms with Gasteiger partial charge in [-0.3, -0.25) is 9.69 Å². The molecule has 0 bridgehead atoms. The molecule has 0 aromatic heterocycles. The molecule has 1 unspecified atom stereocenters. The Balaban J connectivity index is 2.23. The van der Waals surface area contributed by atoms with Crippen molar-refractivity contribution in [3.8, 4) is 0 Å². The van der Waals surface area contributed by atoms with E-state index in [4.69, 9.17) is 5.11 Å². The highest BCUT2D eigenvalue weighted by Gasteiger charge is 2.27. The highest BCUT2D eigenvalue weighted by molar-refractivity contribution is 5.67. The summed E-state index contributed by atoms with van der Waals surface area (Å²) in [5.74, 6) is -0.678. The summed E-state index contributed by atoms with van der Waals surface area (Å²) in [5, 5.41) is 8.44. The molecule has 1 saturated heterocycles. The van der Waals surface area contributed by atoms with Crippen LogP contribution in [-0.4, -0.2) is 35.1 Å². The van der Waals surface area contributed by atoms with Crippen molar-refractivity contribution in [2.45, 2.75) is 25.8 Å². The van der Waals surface area contributed by atoms with Crippen molar-refractivity contribution < 1.29 is 9.90 Å². The quantitative estimate of drug-likeness (QED) is 0.627. The number of aliphatic carboxylic acids is 1. The van der Waals surface area contributed by atoms with Gasteiger partial charge in [0, 0.05) is 6.04 Å². The summed E-state index contributed by atoms with van der Waals surface area (Å²) in [7, 11) is 0. The highest BCUT2D eigenvalue weighted by atomic mass is 16.4. The number of likely N-dealkylation sites (tertiary alicyclic amines) is 1. The van der Waals surface area contributed by atoms with Crippen molar-refractivity contribution in [1.29, 1.82) is 0 Å². The summed E-state index contributed by atoms with van der Waals surface area (Å²) in [5.41, 5.74) is 0. The van der Waals surface area contributed by atoms with Gasteiger partial charge < -0.3 is 5.11 Å². The van der Waals surface area contributed by atoms with Gasteiger partial charge in [-0.25, -0.2) is 0 Å². The van der Waals surface area contributed by atoms with E-state index in [1.165, 1.54) is 0 Å². The van der Waals surface area contributed by atoms with Crippen LogP contribution in [0.5, 0.6) is 0 Å². The van der Waals surface area contributed by atoms with Crippen LogP contribution >= 0.6 is 0 Å². The lowest BCUT2D eigenvalue weighted by Crippen LogP contribution is -2.48. The fourth-order valence-corrected chi connectivity index (χ4v) is 1.34. The molecule has 0 saturated carbocycles. The van der Waals surface area contributed by atoms with Crippen molar-refractivity contribution in [1.82, 2.24) is 4.90 Å². The van der Waals surface area contributed by atoms with Crippen molar-refractivity contribution in [2.75, 3.05) is 13.1 Å². The van der Waals surface area contributed by atoms with Crippen LogP contribution in [-0.2, 0) is 4.79 Å². The van der Waals surface area contributed by atoms with E-state index in [1.807, 2.05) is 0 Å². The predicted octanol–water partition coefficient (Wildman–Crippen LogP) is 0.555. The molecule has 0 aromatic carbocycles. The van der Waals surface area contributed by atoms with Crippen LogP contribution in [0.4, 0.5) is 0 Å². The van der Waals surface area contributed by atoms with E-state index < -0.39 is 5.97 Å². The van der Waals surface area contributed by atoms with E-state index in [2.05, 4.69) is 11.8 Å². The predicted molar refractivity (Wildman–Crippen MR) is 37.9 cm³/mol. The molecule has 1 aliphatic rings. The number of carboxylic acids is 1. The minimum Gasteiger partial charge on any atom is -0.481 e. The second-order valence-corrected chi connectivity index (χ2v) is 2.67. The van der Waals surface area contributed by atoms with Crippen molar-refractivity contribution in [3.05, 3.63) is 0 Å². The topological polar surface area (TPSA) is 40.5 Å². The first kappa shape index (κ1) is 7.54. The lowest BCUT2D eigenvalue weighted by atomic mass is 10.0. The number of carbonyl (C=O) groups is 1. The van der Waals surface area contributed by atoms with E-state index in [1.54, 1.807) is 0 Å². The van der Waals surface area contributed by atoms with Gasteiger partial charge in [0.15, 0.2) is 0 Å². The van der Waals surface area contributed by atoms with Crippen LogP contribution in [0.1, 0.15) is 19.8 Å². The summed E-state index contributed by atoms with van der Waals surface area (Å²) in [6.45, 7) is 4.13. The molecule has 10 heavy (non-hydrogen) atoms. The fourth-order valence-electron chi connectivity index (χ4n) is 1.34. The van der Waals surface area contributed by atoms with Gasteiger partial charge in [-0.15, -0.1) is 0 Å². The second-order valence-electron chi connectivity index (χ2n) is 2.67. The maximum absolute atomic E-state index is 10.2. The summed E-state index contributed by atoms with van der Waals surface area (Å²) < 4.78 is 0. The van der Waals surface area contributed by atoms with Crippen LogP contribution in [0.15, 0.2) is 0 Å². The van der Waals surface area contributed by atoms with Crippen LogP contribution < -0.4 is 0 Å². The van der Waals surface area contributed by atoms with Crippen molar-refractivity contribution in [3.63, 3.8) is 0 Å². The minimum absolute atomic E-state index is 0.313. The summed E-state index contributed by atoms with van der Waals surface area (Å²) in [4.78, 5) is 12.4. The molecule has 0 aliphatic carbocycles. The SMILES string of the molecule is CCN1CCC1CC(=O)O. The normalized spacial score (nSPS) is 25.9. The summed E-state index contributed by atoms with van der Waals surface area (Å²) in [6, 6.07) is 0.322. The van der Waals surface area contributed by atoms with Crippen molar-refractivity contribution >= 4 is 5.97 Å². The lowest BCUT2D eigenvalue weighted by Gasteiger charge is -2.39. The molecule has 3 nitrogen and oxygen atoms in total. The van der Waals surface area contributed by atoms with E-state index in [9.17, 15) is 4.79 Å². The molecular formula is C7H13NO2. The van der Waals surface area contributed by atoms with Gasteiger partial charge in [0.2, 0.25) is 0 Å². The molecule has 0 radical (unpaired) electrons. The number of hydrogen-bond donors (Lipinski definition) is 1. The molecule has 58 valence electrons. The minimum atomic E-state index is -0.678. The Hall–Kier alpha value is -0.570. The Morgan fingerprint density at radius 3 is 2.80 bits per heavy atom. The molecular weight excluding hydrogens is 130 g/mol. The maximum Gasteiger partial charge on any atom is 0.304 e. The maximum atomic E-state index is 10.2. The van der Waals surface area contributed by atoms with Crippen LogP contribution in [0.2, 0.25) is 0 Å². The molecule has 1 N–H and O–H groups in total. The molecule has 1 aliphatic heterocycles. The Kier molecular flexibility index (Phi) is 2.27. The van der Waals surface area contributed by atoms with Gasteiger partial charge in [-0.2, -0.15) is 0 Å². The van der Waals surface area contributed by atoms with E-state index in [0.29, 0.717) is 12.5 Å². The van der Waals surface area contributed by atoms with E-state index >= 15 is 0 Å². The van der Waals surface area contributed by atoms with Crippen LogP contribution in [0, 0.1) is 0 Å². The van der Waals surface area contributed by atoms with E-state index in [0.717, 1.165) is 19.5 Å². The third-order valence-corrected chi connectivity index (χ3v) is 2.08. The zero-order valence-electron chi connectivity index (χ0n) is 6.21. The average molecular weight is 143 g/mol. The Morgan fingerprint density at radius 2 is 2.50 bits per heavy atom. The van der Waals surface area contributed by atoms with Gasteiger partial charge >= 0.3 is 5.97 Å². The zero-order valence-corrected chi connectivity index (χ0v) is 6.21. The van der Waals surface area contributed by atoms with E-state index in [-0.39, 0.29) is 0 Å². The molecule has 0 spiro atoms. The van der Waals surface area contributed by atoms with Gasteiger partial charge in [-0.1, -0.05) is 6.92 Å². The number of carboxylic acid groups (broad SMARTS) is 1. The first-order valence-corrected chi connectivity index (χ1v) is 3.70. The third-order valence-electron chi connectivity index (χ3n) is 2.08. The molecule has 1 heterocycles. The largest absolute Gasteiger partial charge is 0.481 e. The lowest BCUT2D eigenvalue weighted by molar-refractivity contribution is -0.139. The number of rotatable bonds is 3. The molecule has 1 rings (SSSR count). The zero-order chi connectivity index (χ0) is 7.56. The standard InChI is InChI=1S/C7H13NO2/c1-2-8-4-3-6(8)5-7(9)10/h6H,2-5H2,1H3,(H,9,10). The molecule has 3 heteroatoms. The Bertz CT molecular complexity index is 134. The summed E-state index contributed by atoms with van der Waals surface area (Å²) in [6.07, 6.45) is 1.37. The third kappa shape index (κ3) is 1.48. The number of hydrogen-bond acceptors (Lipinski definition) is 2. The second kappa shape index (κ2) is 3.01. The molecule has 1 fully saturated rings. The Morgan fingerprint density at radius 1 is 1.80 bits per heavy atom. The molecule has 0 aromatic rings. The average Bonchev–Trinajstić information content (AvgIpc) is 1.82. The van der Waals surface area contributed by atoms with Crippen LogP contribution in [0.3, 0.4) is 0 Å². The van der Waals surface area contributed by atoms with Gasteiger partial charge in [0.25, 0.3) is 0 Å². The van der Waals surface area contributed by atoms with Gasteiger partial charge in [-0.05, 0) is 19.5 Å². The number of nitrogens with zero attached hydrogens (tertiary/aromatic N) is 1. The molecule has 0 amide bonds. The first-order chi connectivity index (χ1) is 4.74. The van der Waals surface area contributed by atoms with Gasteiger partial charge in [0.05, 0.1) is 6.42 Å². The molecule has 1 atom stereocenters. The fraction of sp³-hybridized carbons (Fsp3) is 0.857. The van der Waals surface area contributed by atoms with Crippen LogP contribution in [0.25, 0.3) is 0 Å². The van der Waals surface area contributed by atoms with Gasteiger partial charge in [0.1, 0.15) is 0 Å². The highest BCUT2D eigenvalue weighted by Crippen LogP contribution is 2.19. The monoisotopic (exact) mass is 143 g/mol. The van der Waals surface area contributed by atoms with Crippen molar-refractivity contribution in [2.24, 2.45) is 0 Å². The smallest absolute Gasteiger partial charge is 0.304 e. The summed E-state index contributed by atoms with van der Waals surface area (Å²) >= 11 is 0.